The molecule has 1 amide bonds. The lowest BCUT2D eigenvalue weighted by Gasteiger charge is -2.34. The van der Waals surface area contributed by atoms with Crippen molar-refractivity contribution in [3.63, 3.8) is 0 Å². The van der Waals surface area contributed by atoms with Gasteiger partial charge in [-0.05, 0) is 69.5 Å². The average Bonchev–Trinajstić information content (AvgIpc) is 3.14. The summed E-state index contributed by atoms with van der Waals surface area (Å²) in [5.74, 6) is 0.232. The van der Waals surface area contributed by atoms with Crippen LogP contribution in [0.3, 0.4) is 0 Å². The number of nitrogens with one attached hydrogen (secondary N) is 1. The maximum Gasteiger partial charge on any atom is 0.410 e. The Morgan fingerprint density at radius 1 is 1.18 bits per heavy atom. The monoisotopic (exact) mass is 522 g/mol. The molecule has 7 nitrogen and oxygen atoms in total. The van der Waals surface area contributed by atoms with Crippen molar-refractivity contribution >= 4 is 44.0 Å². The van der Waals surface area contributed by atoms with Crippen LogP contribution in [0.5, 0.6) is 0 Å². The fraction of sp³-hybridized carbons (Fsp3) is 0.346. The van der Waals surface area contributed by atoms with Crippen molar-refractivity contribution in [3.05, 3.63) is 69.2 Å². The summed E-state index contributed by atoms with van der Waals surface area (Å²) in [6.45, 7) is 7.00. The molecule has 1 aliphatic rings. The molecule has 4 aromatic rings. The summed E-state index contributed by atoms with van der Waals surface area (Å²) in [6.07, 6.45) is 3.38. The second kappa shape index (κ2) is 8.58. The third kappa shape index (κ3) is 4.34. The molecule has 34 heavy (non-hydrogen) atoms. The Bertz CT molecular complexity index is 1430. The number of piperidine rings is 1. The lowest BCUT2D eigenvalue weighted by atomic mass is 9.90. The number of aromatic amines is 1. The van der Waals surface area contributed by atoms with Gasteiger partial charge in [0, 0.05) is 28.9 Å². The minimum absolute atomic E-state index is 0.203. The highest BCUT2D eigenvalue weighted by Crippen LogP contribution is 2.30. The highest BCUT2D eigenvalue weighted by molar-refractivity contribution is 9.10. The number of hydrogen-bond donors (Lipinski definition) is 1. The SMILES string of the molecule is CC(C)(C)OC(=O)N1CCCC(c2ccc(-n3c(=O)[nH]c4cnc5ccc(Br)cc5c43)cc2)C1. The number of aromatic nitrogens is 3. The zero-order chi connectivity index (χ0) is 24.0. The van der Waals surface area contributed by atoms with Gasteiger partial charge < -0.3 is 14.6 Å². The molecule has 2 aromatic heterocycles. The molecule has 0 spiro atoms. The van der Waals surface area contributed by atoms with Crippen LogP contribution in [-0.4, -0.2) is 44.2 Å². The largest absolute Gasteiger partial charge is 0.444 e. The Morgan fingerprint density at radius 3 is 2.68 bits per heavy atom. The van der Waals surface area contributed by atoms with Gasteiger partial charge in [0.2, 0.25) is 0 Å². The van der Waals surface area contributed by atoms with E-state index >= 15 is 0 Å². The summed E-state index contributed by atoms with van der Waals surface area (Å²) in [7, 11) is 0. The van der Waals surface area contributed by atoms with Crippen LogP contribution in [0.15, 0.2) is 57.9 Å². The predicted octanol–water partition coefficient (Wildman–Crippen LogP) is 5.74. The number of rotatable bonds is 2. The van der Waals surface area contributed by atoms with Gasteiger partial charge in [0.15, 0.2) is 0 Å². The van der Waals surface area contributed by atoms with E-state index in [4.69, 9.17) is 4.74 Å². The van der Waals surface area contributed by atoms with E-state index in [-0.39, 0.29) is 17.7 Å². The Hall–Kier alpha value is -3.13. The molecule has 3 heterocycles. The van der Waals surface area contributed by atoms with Crippen LogP contribution in [-0.2, 0) is 4.74 Å². The maximum absolute atomic E-state index is 12.9. The Labute approximate surface area is 205 Å². The number of nitrogens with zero attached hydrogens (tertiary/aromatic N) is 3. The molecule has 1 saturated heterocycles. The lowest BCUT2D eigenvalue weighted by molar-refractivity contribution is 0.0198. The third-order valence-corrected chi connectivity index (χ3v) is 6.66. The molecule has 2 aromatic carbocycles. The number of ether oxygens (including phenoxy) is 1. The molecule has 0 aliphatic carbocycles. The van der Waals surface area contributed by atoms with Crippen molar-refractivity contribution in [2.24, 2.45) is 0 Å². The normalized spacial score (nSPS) is 16.8. The molecule has 1 unspecified atom stereocenters. The molecule has 1 atom stereocenters. The van der Waals surface area contributed by atoms with E-state index in [2.05, 4.69) is 38.0 Å². The standard InChI is InChI=1S/C26H27BrN4O3/c1-26(2,3)34-25(33)30-12-4-5-17(15-30)16-6-9-19(10-7-16)31-23-20-13-18(27)8-11-21(20)28-14-22(23)29-24(31)32/h6-11,13-14,17H,4-5,12,15H2,1-3H3,(H,29,32). The zero-order valence-corrected chi connectivity index (χ0v) is 21.1. The van der Waals surface area contributed by atoms with Crippen molar-refractivity contribution < 1.29 is 9.53 Å². The summed E-state index contributed by atoms with van der Waals surface area (Å²) in [4.78, 5) is 34.6. The predicted molar refractivity (Wildman–Crippen MR) is 137 cm³/mol. The van der Waals surface area contributed by atoms with Gasteiger partial charge in [-0.3, -0.25) is 9.55 Å². The van der Waals surface area contributed by atoms with Crippen LogP contribution in [0.2, 0.25) is 0 Å². The van der Waals surface area contributed by atoms with Crippen molar-refractivity contribution in [1.82, 2.24) is 19.4 Å². The quantitative estimate of drug-likeness (QED) is 0.363. The highest BCUT2D eigenvalue weighted by Gasteiger charge is 2.28. The van der Waals surface area contributed by atoms with Crippen molar-refractivity contribution in [2.75, 3.05) is 13.1 Å². The van der Waals surface area contributed by atoms with Gasteiger partial charge in [0.1, 0.15) is 5.60 Å². The van der Waals surface area contributed by atoms with E-state index in [0.29, 0.717) is 18.6 Å². The summed E-state index contributed by atoms with van der Waals surface area (Å²) < 4.78 is 8.19. The smallest absolute Gasteiger partial charge is 0.410 e. The fourth-order valence-corrected chi connectivity index (χ4v) is 5.00. The molecule has 5 rings (SSSR count). The van der Waals surface area contributed by atoms with E-state index < -0.39 is 5.60 Å². The van der Waals surface area contributed by atoms with E-state index in [1.165, 1.54) is 0 Å². The number of likely N-dealkylation sites (tertiary alicyclic amines) is 1. The molecule has 0 saturated carbocycles. The van der Waals surface area contributed by atoms with Crippen molar-refractivity contribution in [3.8, 4) is 5.69 Å². The minimum Gasteiger partial charge on any atom is -0.444 e. The molecule has 0 radical (unpaired) electrons. The minimum atomic E-state index is -0.506. The first-order valence-electron chi connectivity index (χ1n) is 11.5. The number of H-pyrrole nitrogens is 1. The molecule has 1 aliphatic heterocycles. The molecule has 1 fully saturated rings. The first-order valence-corrected chi connectivity index (χ1v) is 12.3. The van der Waals surface area contributed by atoms with Gasteiger partial charge in [0.05, 0.1) is 28.4 Å². The van der Waals surface area contributed by atoms with Gasteiger partial charge in [-0.15, -0.1) is 0 Å². The van der Waals surface area contributed by atoms with Gasteiger partial charge >= 0.3 is 11.8 Å². The third-order valence-electron chi connectivity index (χ3n) is 6.17. The highest BCUT2D eigenvalue weighted by atomic mass is 79.9. The number of pyridine rings is 1. The fourth-order valence-electron chi connectivity index (χ4n) is 4.64. The Kier molecular flexibility index (Phi) is 5.72. The molecular weight excluding hydrogens is 496 g/mol. The lowest BCUT2D eigenvalue weighted by Crippen LogP contribution is -2.42. The summed E-state index contributed by atoms with van der Waals surface area (Å²) in [5, 5.41) is 0.898. The molecule has 0 bridgehead atoms. The maximum atomic E-state index is 12.9. The summed E-state index contributed by atoms with van der Waals surface area (Å²) in [5.41, 5.74) is 3.55. The molecule has 1 N–H and O–H groups in total. The second-order valence-corrected chi connectivity index (χ2v) is 10.7. The van der Waals surface area contributed by atoms with Crippen LogP contribution in [0, 0.1) is 0 Å². The van der Waals surface area contributed by atoms with E-state index in [9.17, 15) is 9.59 Å². The van der Waals surface area contributed by atoms with Gasteiger partial charge in [-0.25, -0.2) is 9.59 Å². The number of amides is 1. The summed E-state index contributed by atoms with van der Waals surface area (Å²) >= 11 is 3.53. The molecular formula is C26H27BrN4O3. The van der Waals surface area contributed by atoms with Crippen LogP contribution < -0.4 is 5.69 Å². The summed E-state index contributed by atoms with van der Waals surface area (Å²) in [6, 6.07) is 13.9. The number of fused-ring (bicyclic) bond motifs is 3. The van der Waals surface area contributed by atoms with E-state index in [1.807, 2.05) is 51.1 Å². The van der Waals surface area contributed by atoms with Gasteiger partial charge in [-0.2, -0.15) is 0 Å². The van der Waals surface area contributed by atoms with Crippen molar-refractivity contribution in [2.45, 2.75) is 45.1 Å². The molecule has 176 valence electrons. The number of carbonyl (C=O) groups excluding carboxylic acids is 1. The van der Waals surface area contributed by atoms with E-state index in [0.717, 1.165) is 45.0 Å². The first kappa shape index (κ1) is 22.7. The van der Waals surface area contributed by atoms with Crippen LogP contribution in [0.25, 0.3) is 27.6 Å². The number of halogens is 1. The number of imidazole rings is 1. The molecule has 8 heteroatoms. The van der Waals surface area contributed by atoms with Gasteiger partial charge in [-0.1, -0.05) is 28.1 Å². The number of hydrogen-bond acceptors (Lipinski definition) is 4. The number of benzene rings is 2. The average molecular weight is 523 g/mol. The topological polar surface area (TPSA) is 80.2 Å². The Balaban J connectivity index is 1.46. The van der Waals surface area contributed by atoms with Crippen LogP contribution in [0.4, 0.5) is 4.79 Å². The van der Waals surface area contributed by atoms with E-state index in [1.54, 1.807) is 15.7 Å². The van der Waals surface area contributed by atoms with Crippen LogP contribution in [0.1, 0.15) is 45.1 Å². The second-order valence-electron chi connectivity index (χ2n) is 9.80. The first-order chi connectivity index (χ1) is 16.2. The number of carbonyl (C=O) groups is 1. The zero-order valence-electron chi connectivity index (χ0n) is 19.5. The Morgan fingerprint density at radius 2 is 1.94 bits per heavy atom. The van der Waals surface area contributed by atoms with Gasteiger partial charge in [0.25, 0.3) is 0 Å². The van der Waals surface area contributed by atoms with Crippen LogP contribution >= 0.6 is 15.9 Å². The van der Waals surface area contributed by atoms with Crippen molar-refractivity contribution in [1.29, 1.82) is 0 Å².